The molecule has 0 aliphatic heterocycles. The predicted molar refractivity (Wildman–Crippen MR) is 57.9 cm³/mol. The topological polar surface area (TPSA) is 30.0 Å². The van der Waals surface area contributed by atoms with Crippen LogP contribution in [-0.2, 0) is 0 Å². The number of hydrogen-bond donors (Lipinski definition) is 0. The molecule has 0 aliphatic carbocycles. The number of carbonyl (C=O) groups is 1. The van der Waals surface area contributed by atoms with E-state index in [9.17, 15) is 4.79 Å². The van der Waals surface area contributed by atoms with Crippen LogP contribution < -0.4 is 0 Å². The van der Waals surface area contributed by atoms with Crippen LogP contribution in [-0.4, -0.2) is 11.3 Å². The minimum absolute atomic E-state index is 0.345. The first kappa shape index (κ1) is 9.37. The predicted octanol–water partition coefficient (Wildman–Crippen LogP) is 3.28. The van der Waals surface area contributed by atoms with Crippen molar-refractivity contribution >= 4 is 29.2 Å². The highest BCUT2D eigenvalue weighted by Crippen LogP contribution is 2.24. The standard InChI is InChI=1S/C10H6ClNOS/c11-10-5-7(6-13)4-8(12-10)9-2-1-3-14-9/h1-6H. The fourth-order valence-electron chi connectivity index (χ4n) is 1.14. The lowest BCUT2D eigenvalue weighted by molar-refractivity contribution is 0.112. The summed E-state index contributed by atoms with van der Waals surface area (Å²) in [6.07, 6.45) is 0.769. The van der Waals surface area contributed by atoms with Crippen LogP contribution in [0.15, 0.2) is 29.6 Å². The average molecular weight is 224 g/mol. The number of aldehydes is 1. The van der Waals surface area contributed by atoms with Gasteiger partial charge in [0.1, 0.15) is 11.4 Å². The minimum atomic E-state index is 0.345. The van der Waals surface area contributed by atoms with Crippen molar-refractivity contribution in [1.29, 1.82) is 0 Å². The van der Waals surface area contributed by atoms with Gasteiger partial charge >= 0.3 is 0 Å². The quantitative estimate of drug-likeness (QED) is 0.578. The number of halogens is 1. The first-order valence-corrected chi connectivity index (χ1v) is 5.22. The molecule has 0 saturated heterocycles. The Balaban J connectivity index is 2.54. The number of pyridine rings is 1. The third kappa shape index (κ3) is 1.84. The Bertz CT molecular complexity index is 453. The Morgan fingerprint density at radius 3 is 2.93 bits per heavy atom. The Kier molecular flexibility index (Phi) is 2.61. The molecule has 4 heteroatoms. The highest BCUT2D eigenvalue weighted by Gasteiger charge is 2.03. The van der Waals surface area contributed by atoms with Gasteiger partial charge in [0.25, 0.3) is 0 Å². The molecule has 0 aromatic carbocycles. The molecule has 2 aromatic rings. The van der Waals surface area contributed by atoms with Gasteiger partial charge in [0.05, 0.1) is 10.6 Å². The lowest BCUT2D eigenvalue weighted by Gasteiger charge is -1.98. The molecule has 2 aromatic heterocycles. The molecule has 0 radical (unpaired) electrons. The van der Waals surface area contributed by atoms with Gasteiger partial charge in [-0.3, -0.25) is 4.79 Å². The zero-order chi connectivity index (χ0) is 9.97. The van der Waals surface area contributed by atoms with E-state index in [0.29, 0.717) is 10.7 Å². The van der Waals surface area contributed by atoms with Crippen molar-refractivity contribution in [1.82, 2.24) is 4.98 Å². The second kappa shape index (κ2) is 3.90. The molecular weight excluding hydrogens is 218 g/mol. The normalized spacial score (nSPS) is 10.1. The molecule has 0 N–H and O–H groups in total. The number of aromatic nitrogens is 1. The van der Waals surface area contributed by atoms with E-state index in [-0.39, 0.29) is 0 Å². The SMILES string of the molecule is O=Cc1cc(Cl)nc(-c2cccs2)c1. The van der Waals surface area contributed by atoms with Gasteiger partial charge in [-0.15, -0.1) is 11.3 Å². The van der Waals surface area contributed by atoms with Gasteiger partial charge in [0.2, 0.25) is 0 Å². The first-order valence-electron chi connectivity index (χ1n) is 3.96. The smallest absolute Gasteiger partial charge is 0.150 e. The van der Waals surface area contributed by atoms with E-state index in [2.05, 4.69) is 4.98 Å². The van der Waals surface area contributed by atoms with Crippen LogP contribution in [0, 0.1) is 0 Å². The molecule has 0 fully saturated rings. The van der Waals surface area contributed by atoms with Crippen LogP contribution in [0.1, 0.15) is 10.4 Å². The van der Waals surface area contributed by atoms with Crippen LogP contribution in [0.2, 0.25) is 5.15 Å². The molecule has 0 unspecified atom stereocenters. The first-order chi connectivity index (χ1) is 6.79. The van der Waals surface area contributed by atoms with Gasteiger partial charge in [-0.1, -0.05) is 17.7 Å². The maximum absolute atomic E-state index is 10.6. The van der Waals surface area contributed by atoms with Crippen molar-refractivity contribution in [2.75, 3.05) is 0 Å². The van der Waals surface area contributed by atoms with Crippen molar-refractivity contribution in [2.45, 2.75) is 0 Å². The second-order valence-electron chi connectivity index (χ2n) is 2.70. The number of carbonyl (C=O) groups excluding carboxylic acids is 1. The van der Waals surface area contributed by atoms with Crippen LogP contribution >= 0.6 is 22.9 Å². The van der Waals surface area contributed by atoms with Gasteiger partial charge in [0.15, 0.2) is 0 Å². The van der Waals surface area contributed by atoms with Crippen LogP contribution in [0.5, 0.6) is 0 Å². The Morgan fingerprint density at radius 1 is 1.43 bits per heavy atom. The van der Waals surface area contributed by atoms with Crippen LogP contribution in [0.3, 0.4) is 0 Å². The maximum Gasteiger partial charge on any atom is 0.150 e. The molecule has 0 atom stereocenters. The molecule has 2 heterocycles. The van der Waals surface area contributed by atoms with E-state index in [0.717, 1.165) is 16.9 Å². The molecular formula is C10H6ClNOS. The van der Waals surface area contributed by atoms with E-state index >= 15 is 0 Å². The van der Waals surface area contributed by atoms with Crippen molar-refractivity contribution in [3.05, 3.63) is 40.4 Å². The lowest BCUT2D eigenvalue weighted by Crippen LogP contribution is -1.86. The summed E-state index contributed by atoms with van der Waals surface area (Å²) in [5, 5.41) is 2.30. The number of thiophene rings is 1. The summed E-state index contributed by atoms with van der Waals surface area (Å²) in [7, 11) is 0. The van der Waals surface area contributed by atoms with Crippen molar-refractivity contribution < 1.29 is 4.79 Å². The van der Waals surface area contributed by atoms with Crippen LogP contribution in [0.4, 0.5) is 0 Å². The van der Waals surface area contributed by atoms with Crippen molar-refractivity contribution in [3.63, 3.8) is 0 Å². The largest absolute Gasteiger partial charge is 0.298 e. The van der Waals surface area contributed by atoms with E-state index in [1.807, 2.05) is 17.5 Å². The van der Waals surface area contributed by atoms with Gasteiger partial charge in [-0.25, -0.2) is 4.98 Å². The van der Waals surface area contributed by atoms with Crippen LogP contribution in [0.25, 0.3) is 10.6 Å². The Labute approximate surface area is 90.2 Å². The Morgan fingerprint density at radius 2 is 2.29 bits per heavy atom. The number of hydrogen-bond acceptors (Lipinski definition) is 3. The maximum atomic E-state index is 10.6. The molecule has 2 nitrogen and oxygen atoms in total. The third-order valence-electron chi connectivity index (χ3n) is 1.73. The third-order valence-corrected chi connectivity index (χ3v) is 2.81. The highest BCUT2D eigenvalue weighted by atomic mass is 35.5. The molecule has 0 spiro atoms. The zero-order valence-corrected chi connectivity index (χ0v) is 8.68. The second-order valence-corrected chi connectivity index (χ2v) is 4.04. The van der Waals surface area contributed by atoms with E-state index in [4.69, 9.17) is 11.6 Å². The summed E-state index contributed by atoms with van der Waals surface area (Å²) < 4.78 is 0. The number of nitrogens with zero attached hydrogens (tertiary/aromatic N) is 1. The van der Waals surface area contributed by atoms with Gasteiger partial charge < -0.3 is 0 Å². The summed E-state index contributed by atoms with van der Waals surface area (Å²) in [6, 6.07) is 7.15. The molecule has 0 bridgehead atoms. The summed E-state index contributed by atoms with van der Waals surface area (Å²) >= 11 is 7.35. The highest BCUT2D eigenvalue weighted by molar-refractivity contribution is 7.13. The summed E-state index contributed by atoms with van der Waals surface area (Å²) in [5.41, 5.74) is 1.29. The molecule has 14 heavy (non-hydrogen) atoms. The fourth-order valence-corrected chi connectivity index (χ4v) is 2.04. The minimum Gasteiger partial charge on any atom is -0.298 e. The molecule has 0 amide bonds. The van der Waals surface area contributed by atoms with Crippen molar-refractivity contribution in [3.8, 4) is 10.6 Å². The summed E-state index contributed by atoms with van der Waals surface area (Å²) in [4.78, 5) is 15.7. The van der Waals surface area contributed by atoms with E-state index < -0.39 is 0 Å². The zero-order valence-electron chi connectivity index (χ0n) is 7.11. The fraction of sp³-hybridized carbons (Fsp3) is 0. The molecule has 70 valence electrons. The van der Waals surface area contributed by atoms with Gasteiger partial charge in [0, 0.05) is 5.56 Å². The average Bonchev–Trinajstić information content (AvgIpc) is 2.69. The number of rotatable bonds is 2. The van der Waals surface area contributed by atoms with E-state index in [1.165, 1.54) is 0 Å². The Hall–Kier alpha value is -1.19. The van der Waals surface area contributed by atoms with Crippen molar-refractivity contribution in [2.24, 2.45) is 0 Å². The molecule has 0 saturated carbocycles. The molecule has 2 rings (SSSR count). The van der Waals surface area contributed by atoms with E-state index in [1.54, 1.807) is 23.5 Å². The summed E-state index contributed by atoms with van der Waals surface area (Å²) in [5.74, 6) is 0. The van der Waals surface area contributed by atoms with Gasteiger partial charge in [-0.2, -0.15) is 0 Å². The summed E-state index contributed by atoms with van der Waals surface area (Å²) in [6.45, 7) is 0. The van der Waals surface area contributed by atoms with Gasteiger partial charge in [-0.05, 0) is 23.6 Å². The lowest BCUT2D eigenvalue weighted by atomic mass is 10.2. The monoisotopic (exact) mass is 223 g/mol. The molecule has 0 aliphatic rings.